The highest BCUT2D eigenvalue weighted by molar-refractivity contribution is 5.36. The fourth-order valence-electron chi connectivity index (χ4n) is 4.51. The van der Waals surface area contributed by atoms with E-state index in [4.69, 9.17) is 0 Å². The van der Waals surface area contributed by atoms with E-state index in [0.29, 0.717) is 23.3 Å². The van der Waals surface area contributed by atoms with Crippen LogP contribution in [-0.2, 0) is 7.05 Å². The lowest BCUT2D eigenvalue weighted by molar-refractivity contribution is 0.189. The first-order valence-electron chi connectivity index (χ1n) is 9.39. The third-order valence-corrected chi connectivity index (χ3v) is 5.80. The lowest BCUT2D eigenvalue weighted by Gasteiger charge is -2.39. The van der Waals surface area contributed by atoms with Gasteiger partial charge >= 0.3 is 0 Å². The van der Waals surface area contributed by atoms with E-state index in [2.05, 4.69) is 36.0 Å². The van der Waals surface area contributed by atoms with Gasteiger partial charge in [-0.15, -0.1) is 0 Å². The normalized spacial score (nSPS) is 28.3. The molecule has 5 nitrogen and oxygen atoms in total. The number of nitrogens with one attached hydrogen (secondary N) is 1. The summed E-state index contributed by atoms with van der Waals surface area (Å²) in [7, 11) is 1.79. The molecule has 1 aliphatic carbocycles. The smallest absolute Gasteiger partial charge is 0.293 e. The molecule has 1 aromatic heterocycles. The van der Waals surface area contributed by atoms with Crippen LogP contribution in [0.3, 0.4) is 0 Å². The van der Waals surface area contributed by atoms with Crippen LogP contribution < -0.4 is 15.8 Å². The van der Waals surface area contributed by atoms with Gasteiger partial charge < -0.3 is 14.8 Å². The van der Waals surface area contributed by atoms with Crippen molar-refractivity contribution in [3.05, 3.63) is 22.7 Å². The van der Waals surface area contributed by atoms with Crippen molar-refractivity contribution in [1.29, 1.82) is 0 Å². The van der Waals surface area contributed by atoms with Crippen molar-refractivity contribution < 1.29 is 0 Å². The van der Waals surface area contributed by atoms with Crippen LogP contribution in [0.2, 0.25) is 0 Å². The van der Waals surface area contributed by atoms with Crippen molar-refractivity contribution in [2.24, 2.45) is 18.4 Å². The number of aromatic nitrogens is 2. The molecule has 24 heavy (non-hydrogen) atoms. The Morgan fingerprint density at radius 2 is 2.00 bits per heavy atom. The SMILES string of the molecule is Cn1ccnc(N2CCCC(NC3CCCC3C(C)(C)C)C2)c1=O. The van der Waals surface area contributed by atoms with E-state index in [1.807, 2.05) is 0 Å². The molecule has 134 valence electrons. The standard InChI is InChI=1S/C19H32N4O/c1-19(2,3)15-8-5-9-16(15)21-14-7-6-11-23(13-14)17-18(24)22(4)12-10-20-17/h10,12,14-16,21H,5-9,11,13H2,1-4H3. The van der Waals surface area contributed by atoms with Crippen molar-refractivity contribution in [2.75, 3.05) is 18.0 Å². The summed E-state index contributed by atoms with van der Waals surface area (Å²) in [5.74, 6) is 1.35. The number of rotatable bonds is 3. The zero-order valence-corrected chi connectivity index (χ0v) is 15.6. The topological polar surface area (TPSA) is 50.2 Å². The quantitative estimate of drug-likeness (QED) is 0.924. The van der Waals surface area contributed by atoms with Crippen LogP contribution in [0, 0.1) is 11.3 Å². The maximum atomic E-state index is 12.3. The van der Waals surface area contributed by atoms with Gasteiger partial charge in [-0.05, 0) is 37.0 Å². The van der Waals surface area contributed by atoms with Crippen LogP contribution in [0.5, 0.6) is 0 Å². The molecule has 0 amide bonds. The second-order valence-corrected chi connectivity index (χ2v) is 8.63. The molecule has 3 unspecified atom stereocenters. The van der Waals surface area contributed by atoms with Crippen LogP contribution in [0.25, 0.3) is 0 Å². The average molecular weight is 332 g/mol. The zero-order chi connectivity index (χ0) is 17.3. The molecule has 1 saturated carbocycles. The Morgan fingerprint density at radius 1 is 1.21 bits per heavy atom. The van der Waals surface area contributed by atoms with Crippen LogP contribution >= 0.6 is 0 Å². The molecular formula is C19H32N4O. The van der Waals surface area contributed by atoms with Gasteiger partial charge in [0.15, 0.2) is 5.82 Å². The highest BCUT2D eigenvalue weighted by atomic mass is 16.1. The molecule has 0 bridgehead atoms. The Bertz CT molecular complexity index is 619. The molecule has 3 atom stereocenters. The first-order chi connectivity index (χ1) is 11.4. The number of nitrogens with zero attached hydrogens (tertiary/aromatic N) is 3. The molecule has 2 aliphatic rings. The van der Waals surface area contributed by atoms with Crippen LogP contribution in [0.1, 0.15) is 52.9 Å². The van der Waals surface area contributed by atoms with E-state index in [-0.39, 0.29) is 5.56 Å². The van der Waals surface area contributed by atoms with Crippen molar-refractivity contribution in [1.82, 2.24) is 14.9 Å². The van der Waals surface area contributed by atoms with Crippen LogP contribution in [0.15, 0.2) is 17.2 Å². The van der Waals surface area contributed by atoms with Crippen molar-refractivity contribution in [2.45, 2.75) is 65.0 Å². The number of hydrogen-bond donors (Lipinski definition) is 1. The molecule has 1 aromatic rings. The summed E-state index contributed by atoms with van der Waals surface area (Å²) in [4.78, 5) is 18.9. The van der Waals surface area contributed by atoms with Gasteiger partial charge in [0, 0.05) is 44.6 Å². The van der Waals surface area contributed by atoms with Gasteiger partial charge in [-0.2, -0.15) is 0 Å². The van der Waals surface area contributed by atoms with Gasteiger partial charge in [0.2, 0.25) is 0 Å². The number of hydrogen-bond acceptors (Lipinski definition) is 4. The zero-order valence-electron chi connectivity index (χ0n) is 15.6. The van der Waals surface area contributed by atoms with E-state index >= 15 is 0 Å². The van der Waals surface area contributed by atoms with Crippen LogP contribution in [0.4, 0.5) is 5.82 Å². The molecule has 3 rings (SSSR count). The lowest BCUT2D eigenvalue weighted by atomic mass is 9.77. The van der Waals surface area contributed by atoms with Crippen molar-refractivity contribution >= 4 is 5.82 Å². The minimum Gasteiger partial charge on any atom is -0.350 e. The van der Waals surface area contributed by atoms with Gasteiger partial charge in [0.1, 0.15) is 0 Å². The third-order valence-electron chi connectivity index (χ3n) is 5.80. The number of anilines is 1. The fourth-order valence-corrected chi connectivity index (χ4v) is 4.51. The Balaban J connectivity index is 1.68. The maximum Gasteiger partial charge on any atom is 0.293 e. The van der Waals surface area contributed by atoms with E-state index in [9.17, 15) is 4.79 Å². The molecule has 1 saturated heterocycles. The number of aryl methyl sites for hydroxylation is 1. The molecule has 1 N–H and O–H groups in total. The summed E-state index contributed by atoms with van der Waals surface area (Å²) >= 11 is 0. The predicted octanol–water partition coefficient (Wildman–Crippen LogP) is 2.55. The minimum absolute atomic E-state index is 0.00610. The summed E-state index contributed by atoms with van der Waals surface area (Å²) in [6.07, 6.45) is 9.69. The number of piperidine rings is 1. The van der Waals surface area contributed by atoms with Crippen molar-refractivity contribution in [3.8, 4) is 0 Å². The summed E-state index contributed by atoms with van der Waals surface area (Å²) in [5, 5.41) is 3.93. The highest BCUT2D eigenvalue weighted by Gasteiger charge is 2.37. The summed E-state index contributed by atoms with van der Waals surface area (Å²) in [5.41, 5.74) is 0.367. The Hall–Kier alpha value is -1.36. The maximum absolute atomic E-state index is 12.3. The molecule has 2 heterocycles. The first kappa shape index (κ1) is 17.5. The molecule has 5 heteroatoms. The Labute approximate surface area is 145 Å². The Morgan fingerprint density at radius 3 is 2.75 bits per heavy atom. The van der Waals surface area contributed by atoms with E-state index in [1.54, 1.807) is 24.0 Å². The van der Waals surface area contributed by atoms with E-state index in [1.165, 1.54) is 25.7 Å². The highest BCUT2D eigenvalue weighted by Crippen LogP contribution is 2.39. The largest absolute Gasteiger partial charge is 0.350 e. The summed E-state index contributed by atoms with van der Waals surface area (Å²) < 4.78 is 1.62. The molecular weight excluding hydrogens is 300 g/mol. The molecule has 0 spiro atoms. The second-order valence-electron chi connectivity index (χ2n) is 8.63. The molecule has 0 radical (unpaired) electrons. The van der Waals surface area contributed by atoms with Gasteiger partial charge in [-0.1, -0.05) is 27.2 Å². The average Bonchev–Trinajstić information content (AvgIpc) is 2.99. The van der Waals surface area contributed by atoms with Gasteiger partial charge in [-0.25, -0.2) is 4.98 Å². The van der Waals surface area contributed by atoms with Crippen molar-refractivity contribution in [3.63, 3.8) is 0 Å². The van der Waals surface area contributed by atoms with E-state index in [0.717, 1.165) is 25.4 Å². The first-order valence-corrected chi connectivity index (χ1v) is 9.39. The molecule has 2 fully saturated rings. The second kappa shape index (κ2) is 6.87. The monoisotopic (exact) mass is 332 g/mol. The van der Waals surface area contributed by atoms with Gasteiger partial charge in [0.05, 0.1) is 0 Å². The third kappa shape index (κ3) is 3.66. The summed E-state index contributed by atoms with van der Waals surface area (Å²) in [6.45, 7) is 8.91. The molecule has 1 aliphatic heterocycles. The Kier molecular flexibility index (Phi) is 5.00. The summed E-state index contributed by atoms with van der Waals surface area (Å²) in [6, 6.07) is 1.07. The van der Waals surface area contributed by atoms with Gasteiger partial charge in [0.25, 0.3) is 5.56 Å². The predicted molar refractivity (Wildman–Crippen MR) is 98.4 cm³/mol. The molecule has 0 aromatic carbocycles. The van der Waals surface area contributed by atoms with E-state index < -0.39 is 0 Å². The minimum atomic E-state index is 0.00610. The van der Waals surface area contributed by atoms with Crippen LogP contribution in [-0.4, -0.2) is 34.7 Å². The lowest BCUT2D eigenvalue weighted by Crippen LogP contribution is -2.52. The fraction of sp³-hybridized carbons (Fsp3) is 0.789. The van der Waals surface area contributed by atoms with Gasteiger partial charge in [-0.3, -0.25) is 4.79 Å².